The van der Waals surface area contributed by atoms with Gasteiger partial charge in [-0.2, -0.15) is 0 Å². The summed E-state index contributed by atoms with van der Waals surface area (Å²) in [5.74, 6) is 0.258. The van der Waals surface area contributed by atoms with Crippen LogP contribution in [0, 0.1) is 10.1 Å². The molecule has 0 aliphatic carbocycles. The minimum Gasteiger partial charge on any atom is -0.497 e. The zero-order valence-electron chi connectivity index (χ0n) is 22.7. The first-order valence-corrected chi connectivity index (χ1v) is 12.4. The number of hydrogen-bond acceptors (Lipinski definition) is 8. The molecule has 0 atom stereocenters. The van der Waals surface area contributed by atoms with Crippen LogP contribution in [0.1, 0.15) is 11.1 Å². The van der Waals surface area contributed by atoms with E-state index in [0.717, 1.165) is 0 Å². The van der Waals surface area contributed by atoms with Gasteiger partial charge in [0.25, 0.3) is 5.69 Å². The van der Waals surface area contributed by atoms with Crippen LogP contribution in [0.25, 0.3) is 11.0 Å². The van der Waals surface area contributed by atoms with Crippen LogP contribution in [-0.2, 0) is 29.2 Å². The Hall–Kier alpha value is -5.33. The van der Waals surface area contributed by atoms with Crippen LogP contribution in [0.2, 0.25) is 0 Å². The van der Waals surface area contributed by atoms with Crippen molar-refractivity contribution in [2.75, 3.05) is 27.9 Å². The smallest absolute Gasteiger partial charge is 0.329 e. The second-order valence-electron chi connectivity index (χ2n) is 9.17. The van der Waals surface area contributed by atoms with Crippen LogP contribution >= 0.6 is 0 Å². The first kappa shape index (κ1) is 28.7. The first-order valence-electron chi connectivity index (χ1n) is 12.4. The van der Waals surface area contributed by atoms with Gasteiger partial charge in [0.05, 0.1) is 50.4 Å². The molecule has 13 heteroatoms. The third-order valence-corrected chi connectivity index (χ3v) is 6.47. The number of nitro groups is 1. The predicted octanol–water partition coefficient (Wildman–Crippen LogP) is 2.30. The Kier molecular flexibility index (Phi) is 8.56. The Bertz CT molecular complexity index is 1650. The SMILES string of the molecule is COc1cccc(Cn2c(=O)n(CC(=O)N(CC(N)=O)Cc3cc(OC)cc(OC)c3)c3ccc([N+](=O)[O-])cc32)c1. The second-order valence-corrected chi connectivity index (χ2v) is 9.17. The van der Waals surface area contributed by atoms with Gasteiger partial charge in [0.15, 0.2) is 0 Å². The molecule has 4 aromatic rings. The Morgan fingerprint density at radius 2 is 1.54 bits per heavy atom. The summed E-state index contributed by atoms with van der Waals surface area (Å²) >= 11 is 0. The molecule has 0 aliphatic rings. The average molecular weight is 564 g/mol. The molecule has 0 spiro atoms. The summed E-state index contributed by atoms with van der Waals surface area (Å²) in [6, 6.07) is 16.1. The molecule has 214 valence electrons. The maximum Gasteiger partial charge on any atom is 0.329 e. The van der Waals surface area contributed by atoms with E-state index < -0.39 is 35.5 Å². The Morgan fingerprint density at radius 1 is 0.878 bits per heavy atom. The van der Waals surface area contributed by atoms with Crippen molar-refractivity contribution in [3.63, 3.8) is 0 Å². The lowest BCUT2D eigenvalue weighted by molar-refractivity contribution is -0.384. The molecule has 1 aromatic heterocycles. The highest BCUT2D eigenvalue weighted by molar-refractivity contribution is 5.85. The molecule has 0 saturated heterocycles. The molecule has 4 rings (SSSR count). The topological polar surface area (TPSA) is 161 Å². The molecule has 1 heterocycles. The van der Waals surface area contributed by atoms with Gasteiger partial charge in [-0.25, -0.2) is 4.79 Å². The minimum atomic E-state index is -0.739. The van der Waals surface area contributed by atoms with Crippen molar-refractivity contribution in [3.8, 4) is 17.2 Å². The molecule has 0 saturated carbocycles. The highest BCUT2D eigenvalue weighted by atomic mass is 16.6. The molecule has 0 unspecified atom stereocenters. The number of non-ortho nitro benzene ring substituents is 1. The Morgan fingerprint density at radius 3 is 2.15 bits per heavy atom. The maximum absolute atomic E-state index is 13.7. The molecular weight excluding hydrogens is 534 g/mol. The number of amides is 2. The number of benzene rings is 3. The highest BCUT2D eigenvalue weighted by Crippen LogP contribution is 2.25. The largest absolute Gasteiger partial charge is 0.497 e. The maximum atomic E-state index is 13.7. The number of hydrogen-bond donors (Lipinski definition) is 1. The molecule has 41 heavy (non-hydrogen) atoms. The number of imidazole rings is 1. The number of nitrogens with two attached hydrogens (primary N) is 1. The number of methoxy groups -OCH3 is 3. The van der Waals surface area contributed by atoms with Crippen LogP contribution in [-0.4, -0.2) is 58.6 Å². The van der Waals surface area contributed by atoms with Gasteiger partial charge in [-0.3, -0.25) is 28.8 Å². The molecule has 0 radical (unpaired) electrons. The standard InChI is InChI=1S/C28H29N5O8/c1-39-21-6-4-5-18(9-21)15-31-25-12-20(33(37)38)7-8-24(25)32(28(31)36)17-27(35)30(16-26(29)34)14-19-10-22(40-2)13-23(11-19)41-3/h4-13H,14-17H2,1-3H3,(H2,29,34). The van der Waals surface area contributed by atoms with Crippen molar-refractivity contribution in [2.45, 2.75) is 19.6 Å². The highest BCUT2D eigenvalue weighted by Gasteiger charge is 2.23. The zero-order chi connectivity index (χ0) is 29.7. The van der Waals surface area contributed by atoms with E-state index in [1.54, 1.807) is 42.5 Å². The van der Waals surface area contributed by atoms with Gasteiger partial charge < -0.3 is 24.8 Å². The van der Waals surface area contributed by atoms with Gasteiger partial charge in [0.2, 0.25) is 11.8 Å². The van der Waals surface area contributed by atoms with Crippen LogP contribution < -0.4 is 25.6 Å². The minimum absolute atomic E-state index is 0.0159. The number of primary amides is 1. The summed E-state index contributed by atoms with van der Waals surface area (Å²) in [6.07, 6.45) is 0. The van der Waals surface area contributed by atoms with Crippen LogP contribution in [0.4, 0.5) is 5.69 Å². The summed E-state index contributed by atoms with van der Waals surface area (Å²) in [5, 5.41) is 11.5. The quantitative estimate of drug-likeness (QED) is 0.203. The van der Waals surface area contributed by atoms with Crippen molar-refractivity contribution < 1.29 is 28.7 Å². The number of aromatic nitrogens is 2. The third-order valence-electron chi connectivity index (χ3n) is 6.47. The van der Waals surface area contributed by atoms with Crippen molar-refractivity contribution >= 4 is 28.5 Å². The van der Waals surface area contributed by atoms with Gasteiger partial charge in [-0.1, -0.05) is 12.1 Å². The lowest BCUT2D eigenvalue weighted by Gasteiger charge is -2.22. The summed E-state index contributed by atoms with van der Waals surface area (Å²) in [5.41, 5.74) is 6.60. The number of nitro benzene ring substituents is 1. The fraction of sp³-hybridized carbons (Fsp3) is 0.250. The van der Waals surface area contributed by atoms with E-state index in [4.69, 9.17) is 19.9 Å². The molecule has 2 N–H and O–H groups in total. The Balaban J connectivity index is 1.74. The molecular formula is C28H29N5O8. The van der Waals surface area contributed by atoms with E-state index in [-0.39, 0.29) is 24.3 Å². The zero-order valence-corrected chi connectivity index (χ0v) is 22.7. The number of ether oxygens (including phenoxy) is 3. The molecule has 0 aliphatic heterocycles. The van der Waals surface area contributed by atoms with Gasteiger partial charge in [0, 0.05) is 24.7 Å². The molecule has 0 fully saturated rings. The number of carbonyl (C=O) groups is 2. The first-order chi connectivity index (χ1) is 19.6. The van der Waals surface area contributed by atoms with Gasteiger partial charge >= 0.3 is 5.69 Å². The van der Waals surface area contributed by atoms with Crippen molar-refractivity contribution in [3.05, 3.63) is 92.4 Å². The van der Waals surface area contributed by atoms with E-state index in [9.17, 15) is 24.5 Å². The van der Waals surface area contributed by atoms with Crippen LogP contribution in [0.5, 0.6) is 17.2 Å². The van der Waals surface area contributed by atoms with Crippen molar-refractivity contribution in [1.29, 1.82) is 0 Å². The normalized spacial score (nSPS) is 10.8. The van der Waals surface area contributed by atoms with Gasteiger partial charge in [-0.15, -0.1) is 0 Å². The van der Waals surface area contributed by atoms with Crippen molar-refractivity contribution in [1.82, 2.24) is 14.0 Å². The lowest BCUT2D eigenvalue weighted by atomic mass is 10.1. The molecule has 3 aromatic carbocycles. The van der Waals surface area contributed by atoms with Crippen LogP contribution in [0.3, 0.4) is 0 Å². The van der Waals surface area contributed by atoms with E-state index >= 15 is 0 Å². The fourth-order valence-electron chi connectivity index (χ4n) is 4.51. The summed E-state index contributed by atoms with van der Waals surface area (Å²) in [6.45, 7) is -0.783. The molecule has 2 amide bonds. The van der Waals surface area contributed by atoms with Crippen LogP contribution in [0.15, 0.2) is 65.5 Å². The van der Waals surface area contributed by atoms with Crippen molar-refractivity contribution in [2.24, 2.45) is 5.73 Å². The van der Waals surface area contributed by atoms with E-state index in [2.05, 4.69) is 0 Å². The lowest BCUT2D eigenvalue weighted by Crippen LogP contribution is -2.41. The Labute approximate surface area is 234 Å². The van der Waals surface area contributed by atoms with E-state index in [0.29, 0.717) is 33.9 Å². The average Bonchev–Trinajstić information content (AvgIpc) is 3.21. The van der Waals surface area contributed by atoms with Gasteiger partial charge in [0.1, 0.15) is 23.8 Å². The number of fused-ring (bicyclic) bond motifs is 1. The second kappa shape index (κ2) is 12.2. The number of carbonyl (C=O) groups excluding carboxylic acids is 2. The van der Waals surface area contributed by atoms with E-state index in [1.807, 2.05) is 0 Å². The third kappa shape index (κ3) is 6.46. The van der Waals surface area contributed by atoms with E-state index in [1.165, 1.54) is 53.6 Å². The number of rotatable bonds is 12. The molecule has 13 nitrogen and oxygen atoms in total. The van der Waals surface area contributed by atoms with Gasteiger partial charge in [-0.05, 0) is 41.5 Å². The monoisotopic (exact) mass is 563 g/mol. The number of nitrogens with zero attached hydrogens (tertiary/aromatic N) is 4. The predicted molar refractivity (Wildman–Crippen MR) is 149 cm³/mol. The summed E-state index contributed by atoms with van der Waals surface area (Å²) < 4.78 is 18.4. The fourth-order valence-corrected chi connectivity index (χ4v) is 4.51. The molecule has 0 bridgehead atoms. The summed E-state index contributed by atoms with van der Waals surface area (Å²) in [4.78, 5) is 51.2. The summed E-state index contributed by atoms with van der Waals surface area (Å²) in [7, 11) is 4.50.